The van der Waals surface area contributed by atoms with Gasteiger partial charge in [0.1, 0.15) is 10.2 Å². The Hall–Kier alpha value is -1.06. The third kappa shape index (κ3) is 2.97. The topological polar surface area (TPSA) is 25.8 Å². The summed E-state index contributed by atoms with van der Waals surface area (Å²) in [4.78, 5) is 8.19. The molecule has 0 aliphatic rings. The Morgan fingerprint density at radius 3 is 2.81 bits per heavy atom. The fourth-order valence-electron chi connectivity index (χ4n) is 1.32. The third-order valence-corrected chi connectivity index (χ3v) is 3.35. The molecule has 0 unspecified atom stereocenters. The first-order valence-corrected chi connectivity index (χ1v) is 6.27. The summed E-state index contributed by atoms with van der Waals surface area (Å²) in [6.45, 7) is 2.11. The van der Waals surface area contributed by atoms with Crippen LogP contribution in [0.1, 0.15) is 11.1 Å². The minimum atomic E-state index is 0.440. The zero-order valence-corrected chi connectivity index (χ0v) is 10.4. The average molecular weight is 251 g/mol. The molecule has 0 saturated carbocycles. The monoisotopic (exact) mass is 250 g/mol. The van der Waals surface area contributed by atoms with E-state index in [0.29, 0.717) is 5.15 Å². The summed E-state index contributed by atoms with van der Waals surface area (Å²) < 4.78 is 0. The number of aromatic nitrogens is 2. The van der Waals surface area contributed by atoms with Gasteiger partial charge in [-0.25, -0.2) is 4.98 Å². The Balaban J connectivity index is 2.05. The van der Waals surface area contributed by atoms with Crippen LogP contribution in [-0.4, -0.2) is 9.97 Å². The zero-order valence-electron chi connectivity index (χ0n) is 8.85. The quantitative estimate of drug-likeness (QED) is 0.777. The molecule has 4 heteroatoms. The molecule has 0 bridgehead atoms. The maximum Gasteiger partial charge on any atom is 0.148 e. The highest BCUT2D eigenvalue weighted by molar-refractivity contribution is 7.98. The molecule has 2 aromatic rings. The molecule has 0 aliphatic carbocycles. The van der Waals surface area contributed by atoms with Crippen LogP contribution in [-0.2, 0) is 5.75 Å². The van der Waals surface area contributed by atoms with E-state index in [2.05, 4.69) is 29.0 Å². The van der Waals surface area contributed by atoms with Crippen LogP contribution in [0.15, 0.2) is 41.7 Å². The molecule has 0 fully saturated rings. The van der Waals surface area contributed by atoms with Crippen LogP contribution in [0, 0.1) is 6.92 Å². The van der Waals surface area contributed by atoms with Crippen LogP contribution in [0.3, 0.4) is 0 Å². The fourth-order valence-corrected chi connectivity index (χ4v) is 2.44. The second-order valence-electron chi connectivity index (χ2n) is 3.40. The van der Waals surface area contributed by atoms with Gasteiger partial charge in [-0.3, -0.25) is 4.98 Å². The highest BCUT2D eigenvalue weighted by atomic mass is 35.5. The second kappa shape index (κ2) is 5.32. The van der Waals surface area contributed by atoms with E-state index in [0.717, 1.165) is 10.8 Å². The van der Waals surface area contributed by atoms with Gasteiger partial charge in [-0.15, -0.1) is 11.8 Å². The molecule has 1 heterocycles. The Kier molecular flexibility index (Phi) is 3.80. The van der Waals surface area contributed by atoms with Crippen molar-refractivity contribution in [3.63, 3.8) is 0 Å². The van der Waals surface area contributed by atoms with E-state index < -0.39 is 0 Å². The number of hydrogen-bond donors (Lipinski definition) is 0. The number of thioether (sulfide) groups is 1. The van der Waals surface area contributed by atoms with Crippen molar-refractivity contribution in [2.45, 2.75) is 17.7 Å². The minimum Gasteiger partial charge on any atom is -0.259 e. The molecule has 0 saturated heterocycles. The maximum atomic E-state index is 5.77. The molecule has 0 atom stereocenters. The molecule has 0 spiro atoms. The van der Waals surface area contributed by atoms with E-state index in [4.69, 9.17) is 11.6 Å². The molecular formula is C12H11ClN2S. The van der Waals surface area contributed by atoms with Crippen molar-refractivity contribution in [3.8, 4) is 0 Å². The first-order valence-electron chi connectivity index (χ1n) is 4.90. The lowest BCUT2D eigenvalue weighted by atomic mass is 10.1. The molecular weight excluding hydrogens is 240 g/mol. The predicted molar refractivity (Wildman–Crippen MR) is 67.8 cm³/mol. The normalized spacial score (nSPS) is 10.4. The molecule has 2 rings (SSSR count). The Bertz CT molecular complexity index is 488. The summed E-state index contributed by atoms with van der Waals surface area (Å²) in [7, 11) is 0. The molecule has 0 radical (unpaired) electrons. The number of aryl methyl sites for hydroxylation is 1. The minimum absolute atomic E-state index is 0.440. The van der Waals surface area contributed by atoms with Gasteiger partial charge in [0, 0.05) is 5.75 Å². The average Bonchev–Trinajstić information content (AvgIpc) is 2.28. The van der Waals surface area contributed by atoms with E-state index in [1.165, 1.54) is 11.1 Å². The van der Waals surface area contributed by atoms with Crippen LogP contribution in [0.25, 0.3) is 0 Å². The standard InChI is InChI=1S/C12H11ClN2S/c1-9-4-2-3-5-10(9)8-16-12-7-14-6-11(13)15-12/h2-7H,8H2,1H3. The van der Waals surface area contributed by atoms with Gasteiger partial charge in [-0.2, -0.15) is 0 Å². The van der Waals surface area contributed by atoms with E-state index in [9.17, 15) is 0 Å². The molecule has 2 nitrogen and oxygen atoms in total. The fraction of sp³-hybridized carbons (Fsp3) is 0.167. The second-order valence-corrected chi connectivity index (χ2v) is 4.78. The predicted octanol–water partition coefficient (Wildman–Crippen LogP) is 3.73. The Morgan fingerprint density at radius 1 is 1.25 bits per heavy atom. The van der Waals surface area contributed by atoms with Gasteiger partial charge < -0.3 is 0 Å². The van der Waals surface area contributed by atoms with Crippen molar-refractivity contribution < 1.29 is 0 Å². The Labute approximate surface area is 104 Å². The van der Waals surface area contributed by atoms with Crippen molar-refractivity contribution in [2.24, 2.45) is 0 Å². The number of halogens is 1. The summed E-state index contributed by atoms with van der Waals surface area (Å²) in [6, 6.07) is 8.33. The number of rotatable bonds is 3. The SMILES string of the molecule is Cc1ccccc1CSc1cncc(Cl)n1. The smallest absolute Gasteiger partial charge is 0.148 e. The summed E-state index contributed by atoms with van der Waals surface area (Å²) in [6.07, 6.45) is 3.27. The van der Waals surface area contributed by atoms with Crippen LogP contribution < -0.4 is 0 Å². The van der Waals surface area contributed by atoms with Crippen LogP contribution in [0.4, 0.5) is 0 Å². The van der Waals surface area contributed by atoms with Gasteiger partial charge in [0.05, 0.1) is 12.4 Å². The lowest BCUT2D eigenvalue weighted by Crippen LogP contribution is -1.87. The maximum absolute atomic E-state index is 5.77. The van der Waals surface area contributed by atoms with Gasteiger partial charge in [0.15, 0.2) is 0 Å². The number of benzene rings is 1. The van der Waals surface area contributed by atoms with Crippen molar-refractivity contribution in [1.29, 1.82) is 0 Å². The van der Waals surface area contributed by atoms with Crippen LogP contribution >= 0.6 is 23.4 Å². The molecule has 82 valence electrons. The van der Waals surface area contributed by atoms with Crippen LogP contribution in [0.5, 0.6) is 0 Å². The van der Waals surface area contributed by atoms with Gasteiger partial charge in [-0.05, 0) is 18.1 Å². The lowest BCUT2D eigenvalue weighted by molar-refractivity contribution is 1.05. The van der Waals surface area contributed by atoms with Crippen molar-refractivity contribution in [2.75, 3.05) is 0 Å². The first kappa shape index (κ1) is 11.4. The van der Waals surface area contributed by atoms with Gasteiger partial charge in [0.2, 0.25) is 0 Å². The summed E-state index contributed by atoms with van der Waals surface area (Å²) in [5.74, 6) is 0.891. The zero-order chi connectivity index (χ0) is 11.4. The van der Waals surface area contributed by atoms with Gasteiger partial charge >= 0.3 is 0 Å². The molecule has 16 heavy (non-hydrogen) atoms. The first-order chi connectivity index (χ1) is 7.75. The van der Waals surface area contributed by atoms with E-state index in [-0.39, 0.29) is 0 Å². The lowest BCUT2D eigenvalue weighted by Gasteiger charge is -2.04. The van der Waals surface area contributed by atoms with Crippen molar-refractivity contribution in [1.82, 2.24) is 9.97 Å². The van der Waals surface area contributed by atoms with E-state index >= 15 is 0 Å². The summed E-state index contributed by atoms with van der Waals surface area (Å²) in [5, 5.41) is 1.30. The van der Waals surface area contributed by atoms with Gasteiger partial charge in [-0.1, -0.05) is 35.9 Å². The van der Waals surface area contributed by atoms with Crippen LogP contribution in [0.2, 0.25) is 5.15 Å². The summed E-state index contributed by atoms with van der Waals surface area (Å²) >= 11 is 7.41. The highest BCUT2D eigenvalue weighted by Crippen LogP contribution is 2.22. The van der Waals surface area contributed by atoms with Crippen molar-refractivity contribution >= 4 is 23.4 Å². The highest BCUT2D eigenvalue weighted by Gasteiger charge is 2.01. The number of nitrogens with zero attached hydrogens (tertiary/aromatic N) is 2. The summed E-state index contributed by atoms with van der Waals surface area (Å²) in [5.41, 5.74) is 2.61. The van der Waals surface area contributed by atoms with E-state index in [1.54, 1.807) is 24.2 Å². The molecule has 1 aromatic heterocycles. The largest absolute Gasteiger partial charge is 0.259 e. The number of hydrogen-bond acceptors (Lipinski definition) is 3. The molecule has 1 aromatic carbocycles. The molecule has 0 N–H and O–H groups in total. The Morgan fingerprint density at radius 2 is 2.06 bits per heavy atom. The van der Waals surface area contributed by atoms with E-state index in [1.807, 2.05) is 12.1 Å². The van der Waals surface area contributed by atoms with Crippen molar-refractivity contribution in [3.05, 3.63) is 52.9 Å². The molecule has 0 aliphatic heterocycles. The molecule has 0 amide bonds. The third-order valence-electron chi connectivity index (χ3n) is 2.22. The van der Waals surface area contributed by atoms with Gasteiger partial charge in [0.25, 0.3) is 0 Å².